The van der Waals surface area contributed by atoms with Crippen LogP contribution in [0.4, 0.5) is 0 Å². The predicted molar refractivity (Wildman–Crippen MR) is 58.4 cm³/mol. The Hall–Kier alpha value is -1.50. The number of rotatable bonds is 6. The van der Waals surface area contributed by atoms with Crippen molar-refractivity contribution in [1.82, 2.24) is 0 Å². The van der Waals surface area contributed by atoms with Gasteiger partial charge in [0.05, 0.1) is 6.61 Å². The summed E-state index contributed by atoms with van der Waals surface area (Å²) >= 11 is 0. The number of allylic oxidation sites excluding steroid dienone is 7. The summed E-state index contributed by atoms with van der Waals surface area (Å²) in [6.07, 6.45) is 12.7. The van der Waals surface area contributed by atoms with Crippen LogP contribution in [-0.2, 0) is 4.74 Å². The van der Waals surface area contributed by atoms with Gasteiger partial charge in [-0.05, 0) is 19.1 Å². The summed E-state index contributed by atoms with van der Waals surface area (Å²) in [7, 11) is 0. The third kappa shape index (κ3) is 6.88. The maximum atomic E-state index is 5.33. The Morgan fingerprint density at radius 2 is 1.85 bits per heavy atom. The average Bonchev–Trinajstić information content (AvgIpc) is 2.14. The summed E-state index contributed by atoms with van der Waals surface area (Å²) in [6.45, 7) is 9.77. The second-order valence-electron chi connectivity index (χ2n) is 2.22. The molecular weight excluding hydrogens is 160 g/mol. The molecule has 0 radical (unpaired) electrons. The van der Waals surface area contributed by atoms with E-state index in [2.05, 4.69) is 13.2 Å². The fraction of sp³-hybridized carbons (Fsp3) is 0.167. The van der Waals surface area contributed by atoms with Crippen molar-refractivity contribution in [2.24, 2.45) is 0 Å². The molecule has 0 aromatic carbocycles. The Labute approximate surface area is 80.4 Å². The molecule has 0 aliphatic rings. The van der Waals surface area contributed by atoms with Crippen molar-refractivity contribution in [1.29, 1.82) is 0 Å². The monoisotopic (exact) mass is 176 g/mol. The normalized spacial score (nSPS) is 12.2. The van der Waals surface area contributed by atoms with Crippen LogP contribution < -0.4 is 0 Å². The smallest absolute Gasteiger partial charge is 0.119 e. The summed E-state index contributed by atoms with van der Waals surface area (Å²) in [5, 5.41) is 0. The Balaban J connectivity index is 4.29. The first-order chi connectivity index (χ1) is 6.35. The topological polar surface area (TPSA) is 9.23 Å². The van der Waals surface area contributed by atoms with Gasteiger partial charge in [0.15, 0.2) is 0 Å². The van der Waals surface area contributed by atoms with Crippen LogP contribution in [0, 0.1) is 0 Å². The molecule has 0 aromatic heterocycles. The van der Waals surface area contributed by atoms with Crippen LogP contribution in [0.5, 0.6) is 0 Å². The predicted octanol–water partition coefficient (Wildman–Crippen LogP) is 3.39. The summed E-state index contributed by atoms with van der Waals surface area (Å²) in [5.41, 5.74) is 0. The highest BCUT2D eigenvalue weighted by atomic mass is 16.5. The molecular formula is C12H16O. The van der Waals surface area contributed by atoms with E-state index in [1.807, 2.05) is 37.3 Å². The molecule has 13 heavy (non-hydrogen) atoms. The van der Waals surface area contributed by atoms with Crippen LogP contribution in [0.1, 0.15) is 6.92 Å². The Morgan fingerprint density at radius 3 is 2.38 bits per heavy atom. The van der Waals surface area contributed by atoms with Crippen molar-refractivity contribution in [2.75, 3.05) is 6.61 Å². The largest absolute Gasteiger partial charge is 0.494 e. The van der Waals surface area contributed by atoms with E-state index in [0.717, 1.165) is 5.76 Å². The van der Waals surface area contributed by atoms with Crippen molar-refractivity contribution < 1.29 is 4.74 Å². The highest BCUT2D eigenvalue weighted by molar-refractivity contribution is 5.22. The molecule has 0 saturated heterocycles. The van der Waals surface area contributed by atoms with E-state index in [0.29, 0.717) is 6.61 Å². The lowest BCUT2D eigenvalue weighted by molar-refractivity contribution is 0.242. The van der Waals surface area contributed by atoms with Gasteiger partial charge in [0.2, 0.25) is 0 Å². The van der Waals surface area contributed by atoms with Gasteiger partial charge < -0.3 is 4.74 Å². The third-order valence-electron chi connectivity index (χ3n) is 1.22. The molecule has 0 fully saturated rings. The van der Waals surface area contributed by atoms with Gasteiger partial charge in [0.25, 0.3) is 0 Å². The number of hydrogen-bond acceptors (Lipinski definition) is 1. The van der Waals surface area contributed by atoms with Gasteiger partial charge in [-0.1, -0.05) is 43.5 Å². The third-order valence-corrected chi connectivity index (χ3v) is 1.22. The fourth-order valence-corrected chi connectivity index (χ4v) is 0.710. The molecule has 0 aliphatic heterocycles. The highest BCUT2D eigenvalue weighted by Gasteiger charge is 1.86. The van der Waals surface area contributed by atoms with Gasteiger partial charge in [0, 0.05) is 0 Å². The van der Waals surface area contributed by atoms with Gasteiger partial charge in [-0.3, -0.25) is 0 Å². The molecule has 70 valence electrons. The lowest BCUT2D eigenvalue weighted by Crippen LogP contribution is -1.86. The minimum Gasteiger partial charge on any atom is -0.494 e. The second kappa shape index (κ2) is 8.60. The highest BCUT2D eigenvalue weighted by Crippen LogP contribution is 2.00. The van der Waals surface area contributed by atoms with E-state index in [9.17, 15) is 0 Å². The van der Waals surface area contributed by atoms with Crippen molar-refractivity contribution >= 4 is 0 Å². The van der Waals surface area contributed by atoms with E-state index in [4.69, 9.17) is 4.74 Å². The summed E-state index contributed by atoms with van der Waals surface area (Å²) in [4.78, 5) is 0. The van der Waals surface area contributed by atoms with E-state index in [-0.39, 0.29) is 0 Å². The lowest BCUT2D eigenvalue weighted by atomic mass is 10.3. The van der Waals surface area contributed by atoms with E-state index in [1.54, 1.807) is 12.2 Å². The van der Waals surface area contributed by atoms with Crippen molar-refractivity contribution in [2.45, 2.75) is 6.92 Å². The fourth-order valence-electron chi connectivity index (χ4n) is 0.710. The molecule has 0 atom stereocenters. The van der Waals surface area contributed by atoms with Crippen LogP contribution in [0.15, 0.2) is 61.4 Å². The molecule has 0 spiro atoms. The summed E-state index contributed by atoms with van der Waals surface area (Å²) in [6, 6.07) is 0. The standard InChI is InChI=1S/C12H16O/c1-4-7-9-11-12(13-6-3)10-8-5-2/h4-5,7-11H,1-2,6H2,3H3/b9-7+,10-8+,12-11+. The average molecular weight is 176 g/mol. The molecule has 1 nitrogen and oxygen atoms in total. The molecule has 1 heteroatoms. The molecule has 0 aromatic rings. The zero-order valence-corrected chi connectivity index (χ0v) is 8.07. The van der Waals surface area contributed by atoms with E-state index in [1.165, 1.54) is 0 Å². The van der Waals surface area contributed by atoms with Crippen molar-refractivity contribution in [3.8, 4) is 0 Å². The zero-order chi connectivity index (χ0) is 9.94. The molecule has 0 amide bonds. The molecule has 0 saturated carbocycles. The molecule has 0 N–H and O–H groups in total. The van der Waals surface area contributed by atoms with Crippen molar-refractivity contribution in [3.05, 3.63) is 61.4 Å². The molecule has 0 unspecified atom stereocenters. The molecule has 0 bridgehead atoms. The van der Waals surface area contributed by atoms with E-state index < -0.39 is 0 Å². The van der Waals surface area contributed by atoms with Gasteiger partial charge in [0.1, 0.15) is 5.76 Å². The van der Waals surface area contributed by atoms with E-state index >= 15 is 0 Å². The zero-order valence-electron chi connectivity index (χ0n) is 8.07. The summed E-state index contributed by atoms with van der Waals surface area (Å²) < 4.78 is 5.33. The minimum absolute atomic E-state index is 0.662. The maximum absolute atomic E-state index is 5.33. The van der Waals surface area contributed by atoms with Crippen LogP contribution in [0.25, 0.3) is 0 Å². The molecule has 0 heterocycles. The first kappa shape index (κ1) is 11.5. The Bertz CT molecular complexity index is 232. The number of hydrogen-bond donors (Lipinski definition) is 0. The second-order valence-corrected chi connectivity index (χ2v) is 2.22. The Kier molecular flexibility index (Phi) is 7.60. The quantitative estimate of drug-likeness (QED) is 0.445. The van der Waals surface area contributed by atoms with Crippen LogP contribution >= 0.6 is 0 Å². The summed E-state index contributed by atoms with van der Waals surface area (Å²) in [5.74, 6) is 0.820. The van der Waals surface area contributed by atoms with Crippen LogP contribution in [0.3, 0.4) is 0 Å². The lowest BCUT2D eigenvalue weighted by Gasteiger charge is -2.00. The molecule has 0 rings (SSSR count). The van der Waals surface area contributed by atoms with Crippen LogP contribution in [0.2, 0.25) is 0 Å². The van der Waals surface area contributed by atoms with Gasteiger partial charge in [-0.25, -0.2) is 0 Å². The first-order valence-electron chi connectivity index (χ1n) is 4.26. The van der Waals surface area contributed by atoms with Gasteiger partial charge >= 0.3 is 0 Å². The SMILES string of the molecule is C=C/C=C/C=C(\C=C\C=C)OCC. The van der Waals surface area contributed by atoms with Crippen molar-refractivity contribution in [3.63, 3.8) is 0 Å². The molecule has 0 aliphatic carbocycles. The Morgan fingerprint density at radius 1 is 1.15 bits per heavy atom. The van der Waals surface area contributed by atoms with Gasteiger partial charge in [-0.15, -0.1) is 0 Å². The van der Waals surface area contributed by atoms with Crippen LogP contribution in [-0.4, -0.2) is 6.61 Å². The minimum atomic E-state index is 0.662. The maximum Gasteiger partial charge on any atom is 0.119 e. The number of ether oxygens (including phenoxy) is 1. The van der Waals surface area contributed by atoms with Gasteiger partial charge in [-0.2, -0.15) is 0 Å². The first-order valence-corrected chi connectivity index (χ1v) is 4.26.